The van der Waals surface area contributed by atoms with E-state index < -0.39 is 5.56 Å². The van der Waals surface area contributed by atoms with Crippen LogP contribution >= 0.6 is 15.9 Å². The van der Waals surface area contributed by atoms with Crippen molar-refractivity contribution in [1.82, 2.24) is 24.5 Å². The molecule has 0 aliphatic carbocycles. The number of aromatic nitrogens is 5. The summed E-state index contributed by atoms with van der Waals surface area (Å²) in [7, 11) is 0. The highest BCUT2D eigenvalue weighted by atomic mass is 79.9. The molecule has 0 atom stereocenters. The molecule has 9 heteroatoms. The molecule has 1 N–H and O–H groups in total. The number of benzene rings is 2. The van der Waals surface area contributed by atoms with Crippen LogP contribution in [0.2, 0.25) is 0 Å². The molecule has 0 aliphatic heterocycles. The number of hydrogen-bond donors (Lipinski definition) is 1. The van der Waals surface area contributed by atoms with Crippen LogP contribution in [0, 0.1) is 6.92 Å². The van der Waals surface area contributed by atoms with E-state index in [1.807, 2.05) is 43.3 Å². The summed E-state index contributed by atoms with van der Waals surface area (Å²) in [5, 5.41) is 10.7. The number of nitrogens with zero attached hydrogens (tertiary/aromatic N) is 5. The predicted octanol–water partition coefficient (Wildman–Crippen LogP) is 2.69. The molecule has 4 aromatic rings. The third kappa shape index (κ3) is 3.56. The van der Waals surface area contributed by atoms with Crippen molar-refractivity contribution >= 4 is 38.7 Å². The molecule has 0 saturated heterocycles. The molecule has 0 unspecified atom stereocenters. The zero-order chi connectivity index (χ0) is 19.7. The Hall–Kier alpha value is -3.33. The highest BCUT2D eigenvalue weighted by molar-refractivity contribution is 9.10. The maximum atomic E-state index is 12.7. The van der Waals surface area contributed by atoms with Crippen molar-refractivity contribution in [2.45, 2.75) is 13.5 Å². The fraction of sp³-hybridized carbons (Fsp3) is 0.105. The monoisotopic (exact) mass is 438 g/mol. The normalized spacial score (nSPS) is 10.9. The van der Waals surface area contributed by atoms with Crippen molar-refractivity contribution in [2.75, 3.05) is 5.32 Å². The highest BCUT2D eigenvalue weighted by Gasteiger charge is 2.15. The van der Waals surface area contributed by atoms with Crippen LogP contribution in [0.1, 0.15) is 5.56 Å². The van der Waals surface area contributed by atoms with Crippen molar-refractivity contribution in [1.29, 1.82) is 0 Å². The van der Waals surface area contributed by atoms with Crippen LogP contribution in [0.3, 0.4) is 0 Å². The minimum atomic E-state index is -0.422. The number of halogens is 1. The van der Waals surface area contributed by atoms with Crippen molar-refractivity contribution in [3.05, 3.63) is 75.2 Å². The van der Waals surface area contributed by atoms with Gasteiger partial charge in [0.25, 0.3) is 5.56 Å². The molecule has 2 heterocycles. The van der Waals surface area contributed by atoms with Crippen LogP contribution in [0.4, 0.5) is 5.69 Å². The molecular weight excluding hydrogens is 424 g/mol. The van der Waals surface area contributed by atoms with Gasteiger partial charge in [0, 0.05) is 10.2 Å². The minimum absolute atomic E-state index is 0.111. The Bertz CT molecular complexity index is 1210. The van der Waals surface area contributed by atoms with Gasteiger partial charge in [0.1, 0.15) is 12.9 Å². The number of carbonyl (C=O) groups excluding carboxylic acids is 1. The van der Waals surface area contributed by atoms with Crippen LogP contribution in [-0.2, 0) is 11.3 Å². The molecule has 2 aromatic heterocycles. The van der Waals surface area contributed by atoms with E-state index in [4.69, 9.17) is 0 Å². The first-order chi connectivity index (χ1) is 13.5. The summed E-state index contributed by atoms with van der Waals surface area (Å²) in [6.07, 6.45) is 1.33. The fourth-order valence-electron chi connectivity index (χ4n) is 2.70. The SMILES string of the molecule is Cc1ccc(-n2nnc3c(=O)n(CC(=O)Nc4ccc(Br)cc4)cnc32)cc1. The summed E-state index contributed by atoms with van der Waals surface area (Å²) in [5.74, 6) is -0.337. The van der Waals surface area contributed by atoms with E-state index in [0.29, 0.717) is 11.3 Å². The molecule has 0 radical (unpaired) electrons. The van der Waals surface area contributed by atoms with Crippen molar-refractivity contribution < 1.29 is 4.79 Å². The van der Waals surface area contributed by atoms with E-state index >= 15 is 0 Å². The van der Waals surface area contributed by atoms with Gasteiger partial charge in [0.2, 0.25) is 5.91 Å². The predicted molar refractivity (Wildman–Crippen MR) is 108 cm³/mol. The van der Waals surface area contributed by atoms with E-state index in [0.717, 1.165) is 15.7 Å². The molecule has 2 aromatic carbocycles. The zero-order valence-electron chi connectivity index (χ0n) is 14.8. The Morgan fingerprint density at radius 1 is 1.11 bits per heavy atom. The van der Waals surface area contributed by atoms with Crippen molar-refractivity contribution in [2.24, 2.45) is 0 Å². The quantitative estimate of drug-likeness (QED) is 0.528. The van der Waals surface area contributed by atoms with Crippen LogP contribution in [0.5, 0.6) is 0 Å². The Kier molecular flexibility index (Phi) is 4.74. The average Bonchev–Trinajstić information content (AvgIpc) is 3.11. The standard InChI is InChI=1S/C19H15BrN6O2/c1-12-2-8-15(9-3-12)26-18-17(23-24-26)19(28)25(11-21-18)10-16(27)22-14-6-4-13(20)5-7-14/h2-9,11H,10H2,1H3,(H,22,27). The van der Waals surface area contributed by atoms with Crippen LogP contribution in [0.25, 0.3) is 16.9 Å². The summed E-state index contributed by atoms with van der Waals surface area (Å²) in [4.78, 5) is 29.2. The Balaban J connectivity index is 1.60. The van der Waals surface area contributed by atoms with E-state index in [1.54, 1.807) is 12.1 Å². The van der Waals surface area contributed by atoms with Gasteiger partial charge in [0.05, 0.1) is 5.69 Å². The molecular formula is C19H15BrN6O2. The highest BCUT2D eigenvalue weighted by Crippen LogP contribution is 2.14. The van der Waals surface area contributed by atoms with Gasteiger partial charge in [-0.3, -0.25) is 14.2 Å². The lowest BCUT2D eigenvalue weighted by Gasteiger charge is -2.07. The van der Waals surface area contributed by atoms with Crippen molar-refractivity contribution in [3.8, 4) is 5.69 Å². The molecule has 0 saturated carbocycles. The molecule has 1 amide bonds. The number of amides is 1. The third-order valence-electron chi connectivity index (χ3n) is 4.15. The molecule has 0 spiro atoms. The van der Waals surface area contributed by atoms with Gasteiger partial charge in [-0.25, -0.2) is 4.98 Å². The van der Waals surface area contributed by atoms with Crippen LogP contribution in [0.15, 0.2) is 64.1 Å². The lowest BCUT2D eigenvalue weighted by Crippen LogP contribution is -2.28. The Morgan fingerprint density at radius 2 is 1.82 bits per heavy atom. The number of fused-ring (bicyclic) bond motifs is 1. The van der Waals surface area contributed by atoms with Gasteiger partial charge < -0.3 is 5.32 Å². The second kappa shape index (κ2) is 7.35. The summed E-state index contributed by atoms with van der Waals surface area (Å²) in [6.45, 7) is 1.81. The molecule has 140 valence electrons. The van der Waals surface area contributed by atoms with Gasteiger partial charge in [0.15, 0.2) is 11.2 Å². The first-order valence-electron chi connectivity index (χ1n) is 8.44. The number of anilines is 1. The molecule has 8 nitrogen and oxygen atoms in total. The van der Waals surface area contributed by atoms with Gasteiger partial charge in [-0.05, 0) is 43.3 Å². The first-order valence-corrected chi connectivity index (χ1v) is 9.24. The fourth-order valence-corrected chi connectivity index (χ4v) is 2.97. The topological polar surface area (TPSA) is 94.7 Å². The Labute approximate surface area is 168 Å². The molecule has 28 heavy (non-hydrogen) atoms. The summed E-state index contributed by atoms with van der Waals surface area (Å²) >= 11 is 3.34. The first kappa shape index (κ1) is 18.1. The molecule has 0 bridgehead atoms. The second-order valence-electron chi connectivity index (χ2n) is 6.24. The third-order valence-corrected chi connectivity index (χ3v) is 4.68. The molecule has 4 rings (SSSR count). The number of aryl methyl sites for hydroxylation is 1. The van der Waals surface area contributed by atoms with Crippen molar-refractivity contribution in [3.63, 3.8) is 0 Å². The number of hydrogen-bond acceptors (Lipinski definition) is 5. The number of rotatable bonds is 4. The molecule has 0 aliphatic rings. The average molecular weight is 439 g/mol. The number of carbonyl (C=O) groups is 1. The maximum absolute atomic E-state index is 12.7. The van der Waals surface area contributed by atoms with E-state index in [1.165, 1.54) is 15.6 Å². The largest absolute Gasteiger partial charge is 0.325 e. The second-order valence-corrected chi connectivity index (χ2v) is 7.16. The maximum Gasteiger partial charge on any atom is 0.284 e. The van der Waals surface area contributed by atoms with E-state index in [-0.39, 0.29) is 18.0 Å². The van der Waals surface area contributed by atoms with Crippen LogP contribution in [-0.4, -0.2) is 30.5 Å². The zero-order valence-corrected chi connectivity index (χ0v) is 16.4. The molecule has 0 fully saturated rings. The van der Waals surface area contributed by atoms with E-state index in [2.05, 4.69) is 36.5 Å². The smallest absolute Gasteiger partial charge is 0.284 e. The summed E-state index contributed by atoms with van der Waals surface area (Å²) in [6, 6.07) is 14.8. The van der Waals surface area contributed by atoms with Gasteiger partial charge >= 0.3 is 0 Å². The lowest BCUT2D eigenvalue weighted by atomic mass is 10.2. The lowest BCUT2D eigenvalue weighted by molar-refractivity contribution is -0.116. The summed E-state index contributed by atoms with van der Waals surface area (Å²) < 4.78 is 3.63. The number of nitrogens with one attached hydrogen (secondary N) is 1. The van der Waals surface area contributed by atoms with Gasteiger partial charge in [-0.2, -0.15) is 4.68 Å². The van der Waals surface area contributed by atoms with Gasteiger partial charge in [-0.15, -0.1) is 5.10 Å². The minimum Gasteiger partial charge on any atom is -0.325 e. The van der Waals surface area contributed by atoms with Gasteiger partial charge in [-0.1, -0.05) is 38.8 Å². The summed E-state index contributed by atoms with van der Waals surface area (Å²) in [5.41, 5.74) is 2.54. The van der Waals surface area contributed by atoms with E-state index in [9.17, 15) is 9.59 Å². The van der Waals surface area contributed by atoms with Crippen LogP contribution < -0.4 is 10.9 Å². The Morgan fingerprint density at radius 3 is 2.54 bits per heavy atom.